The predicted octanol–water partition coefficient (Wildman–Crippen LogP) is 4.44. The van der Waals surface area contributed by atoms with Crippen molar-refractivity contribution in [1.82, 2.24) is 24.6 Å². The van der Waals surface area contributed by atoms with E-state index in [2.05, 4.69) is 67.4 Å². The Kier molecular flexibility index (Phi) is 7.26. The molecule has 1 aromatic carbocycles. The summed E-state index contributed by atoms with van der Waals surface area (Å²) >= 11 is 0. The number of fused-ring (bicyclic) bond motifs is 1. The molecule has 3 rings (SSSR count). The van der Waals surface area contributed by atoms with Crippen LogP contribution in [0.3, 0.4) is 0 Å². The second kappa shape index (κ2) is 9.89. The van der Waals surface area contributed by atoms with Crippen molar-refractivity contribution in [3.05, 3.63) is 36.0 Å². The summed E-state index contributed by atoms with van der Waals surface area (Å²) in [7, 11) is 1.91. The van der Waals surface area contributed by atoms with Crippen molar-refractivity contribution in [2.75, 3.05) is 36.8 Å². The number of hydrogen-bond donors (Lipinski definition) is 2. The number of aromatic nitrogens is 4. The van der Waals surface area contributed by atoms with Crippen LogP contribution in [-0.2, 0) is 7.05 Å². The first-order valence-corrected chi connectivity index (χ1v) is 10.8. The van der Waals surface area contributed by atoms with Gasteiger partial charge in [0.15, 0.2) is 5.65 Å². The Morgan fingerprint density at radius 2 is 1.73 bits per heavy atom. The molecule has 0 amide bonds. The summed E-state index contributed by atoms with van der Waals surface area (Å²) in [6.45, 7) is 15.1. The normalized spacial score (nSPS) is 11.8. The molecule has 162 valence electrons. The highest BCUT2D eigenvalue weighted by atomic mass is 15.3. The minimum Gasteiger partial charge on any atom is -0.353 e. The summed E-state index contributed by atoms with van der Waals surface area (Å²) in [6.07, 6.45) is 1.81. The third-order valence-corrected chi connectivity index (χ3v) is 4.95. The zero-order chi connectivity index (χ0) is 21.7. The van der Waals surface area contributed by atoms with Crippen molar-refractivity contribution in [2.45, 2.75) is 34.6 Å². The highest BCUT2D eigenvalue weighted by Crippen LogP contribution is 2.26. The number of rotatable bonds is 10. The van der Waals surface area contributed by atoms with E-state index < -0.39 is 0 Å². The van der Waals surface area contributed by atoms with Crippen LogP contribution in [0.5, 0.6) is 0 Å². The van der Waals surface area contributed by atoms with Crippen LogP contribution in [0.4, 0.5) is 17.5 Å². The monoisotopic (exact) mass is 409 g/mol. The van der Waals surface area contributed by atoms with Gasteiger partial charge in [-0.05, 0) is 30.4 Å². The quantitative estimate of drug-likeness (QED) is 0.516. The molecule has 0 radical (unpaired) electrons. The number of hydrogen-bond acceptors (Lipinski definition) is 6. The largest absolute Gasteiger partial charge is 0.353 e. The number of aryl methyl sites for hydroxylation is 2. The summed E-state index contributed by atoms with van der Waals surface area (Å²) in [5, 5.41) is 12.2. The third kappa shape index (κ3) is 5.69. The fourth-order valence-corrected chi connectivity index (χ4v) is 3.65. The topological polar surface area (TPSA) is 70.9 Å². The van der Waals surface area contributed by atoms with Crippen molar-refractivity contribution in [3.63, 3.8) is 0 Å². The minimum atomic E-state index is 0.622. The van der Waals surface area contributed by atoms with Gasteiger partial charge >= 0.3 is 0 Å². The van der Waals surface area contributed by atoms with E-state index in [1.54, 1.807) is 4.68 Å². The standard InChI is InChI=1S/C23H35N7/c1-16(2)14-30(15-17(3)4)12-11-24-23-27-21(19-13-25-29(6)22(19)28-23)26-20-10-8-7-9-18(20)5/h7-10,13,16-17H,11-12,14-15H2,1-6H3,(H2,24,26,27,28). The molecule has 0 aliphatic heterocycles. The Hall–Kier alpha value is -2.67. The third-order valence-electron chi connectivity index (χ3n) is 4.95. The van der Waals surface area contributed by atoms with Gasteiger partial charge < -0.3 is 15.5 Å². The Morgan fingerprint density at radius 3 is 2.40 bits per heavy atom. The molecule has 0 bridgehead atoms. The van der Waals surface area contributed by atoms with Gasteiger partial charge in [-0.15, -0.1) is 0 Å². The molecule has 0 spiro atoms. The lowest BCUT2D eigenvalue weighted by atomic mass is 10.1. The van der Waals surface area contributed by atoms with Crippen molar-refractivity contribution < 1.29 is 0 Å². The van der Waals surface area contributed by atoms with Crippen molar-refractivity contribution in [3.8, 4) is 0 Å². The minimum absolute atomic E-state index is 0.622. The Morgan fingerprint density at radius 1 is 1.03 bits per heavy atom. The molecule has 0 fully saturated rings. The van der Waals surface area contributed by atoms with Crippen LogP contribution in [-0.4, -0.2) is 50.8 Å². The molecule has 0 atom stereocenters. The van der Waals surface area contributed by atoms with E-state index in [1.165, 1.54) is 5.56 Å². The van der Waals surface area contributed by atoms with Gasteiger partial charge in [-0.1, -0.05) is 45.9 Å². The van der Waals surface area contributed by atoms with Gasteiger partial charge in [0.25, 0.3) is 0 Å². The van der Waals surface area contributed by atoms with Crippen LogP contribution in [0.25, 0.3) is 11.0 Å². The molecule has 3 aromatic rings. The van der Waals surface area contributed by atoms with E-state index in [9.17, 15) is 0 Å². The number of nitrogens with zero attached hydrogens (tertiary/aromatic N) is 5. The zero-order valence-corrected chi connectivity index (χ0v) is 19.1. The Balaban J connectivity index is 1.77. The van der Waals surface area contributed by atoms with Crippen LogP contribution in [0, 0.1) is 18.8 Å². The molecule has 0 saturated heterocycles. The Labute approximate surface area is 179 Å². The Bertz CT molecular complexity index is 951. The highest BCUT2D eigenvalue weighted by molar-refractivity contribution is 5.89. The van der Waals surface area contributed by atoms with Gasteiger partial charge in [0.1, 0.15) is 5.82 Å². The summed E-state index contributed by atoms with van der Waals surface area (Å²) in [6, 6.07) is 8.20. The van der Waals surface area contributed by atoms with Crippen LogP contribution in [0.15, 0.2) is 30.5 Å². The van der Waals surface area contributed by atoms with Gasteiger partial charge in [0, 0.05) is 38.9 Å². The number of nitrogens with one attached hydrogen (secondary N) is 2. The van der Waals surface area contributed by atoms with Crippen LogP contribution in [0.2, 0.25) is 0 Å². The molecule has 2 N–H and O–H groups in total. The molecule has 0 saturated carbocycles. The molecular formula is C23H35N7. The predicted molar refractivity (Wildman–Crippen MR) is 125 cm³/mol. The molecule has 2 heterocycles. The number of anilines is 3. The van der Waals surface area contributed by atoms with E-state index in [-0.39, 0.29) is 0 Å². The van der Waals surface area contributed by atoms with Crippen molar-refractivity contribution >= 4 is 28.5 Å². The molecule has 7 nitrogen and oxygen atoms in total. The summed E-state index contributed by atoms with van der Waals surface area (Å²) in [5.74, 6) is 2.69. The first-order valence-electron chi connectivity index (χ1n) is 10.8. The molecular weight excluding hydrogens is 374 g/mol. The number of benzene rings is 1. The van der Waals surface area contributed by atoms with Crippen LogP contribution in [0.1, 0.15) is 33.3 Å². The number of para-hydroxylation sites is 1. The van der Waals surface area contributed by atoms with Gasteiger partial charge in [0.05, 0.1) is 11.6 Å². The smallest absolute Gasteiger partial charge is 0.226 e. The van der Waals surface area contributed by atoms with E-state index in [0.717, 1.165) is 48.7 Å². The SMILES string of the molecule is Cc1ccccc1Nc1nc(NCCN(CC(C)C)CC(C)C)nc2c1cnn2C. The van der Waals surface area contributed by atoms with E-state index in [4.69, 9.17) is 9.97 Å². The summed E-state index contributed by atoms with van der Waals surface area (Å²) in [4.78, 5) is 12.0. The lowest BCUT2D eigenvalue weighted by Crippen LogP contribution is -2.35. The maximum Gasteiger partial charge on any atom is 0.226 e. The van der Waals surface area contributed by atoms with E-state index in [1.807, 2.05) is 25.4 Å². The maximum atomic E-state index is 4.76. The molecule has 0 unspecified atom stereocenters. The summed E-state index contributed by atoms with van der Waals surface area (Å²) in [5.41, 5.74) is 3.01. The molecule has 7 heteroatoms. The first-order chi connectivity index (χ1) is 14.3. The van der Waals surface area contributed by atoms with Crippen LogP contribution >= 0.6 is 0 Å². The van der Waals surface area contributed by atoms with Gasteiger partial charge in [0.2, 0.25) is 5.95 Å². The van der Waals surface area contributed by atoms with Gasteiger partial charge in [-0.25, -0.2) is 0 Å². The zero-order valence-electron chi connectivity index (χ0n) is 19.1. The second-order valence-electron chi connectivity index (χ2n) is 8.82. The maximum absolute atomic E-state index is 4.76. The average Bonchev–Trinajstić information content (AvgIpc) is 3.04. The fourth-order valence-electron chi connectivity index (χ4n) is 3.65. The van der Waals surface area contributed by atoms with Gasteiger partial charge in [-0.2, -0.15) is 15.1 Å². The molecule has 0 aliphatic rings. The van der Waals surface area contributed by atoms with E-state index in [0.29, 0.717) is 17.8 Å². The summed E-state index contributed by atoms with van der Waals surface area (Å²) < 4.78 is 1.79. The van der Waals surface area contributed by atoms with Crippen molar-refractivity contribution in [2.24, 2.45) is 18.9 Å². The van der Waals surface area contributed by atoms with Crippen LogP contribution < -0.4 is 10.6 Å². The van der Waals surface area contributed by atoms with Gasteiger partial charge in [-0.3, -0.25) is 4.68 Å². The first kappa shape index (κ1) is 22.0. The lowest BCUT2D eigenvalue weighted by molar-refractivity contribution is 0.227. The van der Waals surface area contributed by atoms with Crippen molar-refractivity contribution in [1.29, 1.82) is 0 Å². The van der Waals surface area contributed by atoms with E-state index >= 15 is 0 Å². The fraction of sp³-hybridized carbons (Fsp3) is 0.522. The molecule has 0 aliphatic carbocycles. The molecule has 30 heavy (non-hydrogen) atoms. The molecule has 2 aromatic heterocycles. The highest BCUT2D eigenvalue weighted by Gasteiger charge is 2.14. The average molecular weight is 410 g/mol. The second-order valence-corrected chi connectivity index (χ2v) is 8.82. The lowest BCUT2D eigenvalue weighted by Gasteiger charge is -2.26.